The Hall–Kier alpha value is -1.94. The molecule has 0 fully saturated rings. The molecule has 1 aromatic heterocycles. The van der Waals surface area contributed by atoms with Crippen molar-refractivity contribution >= 4 is 43.6 Å². The minimum atomic E-state index is 0.677. The van der Waals surface area contributed by atoms with Gasteiger partial charge in [-0.05, 0) is 0 Å². The summed E-state index contributed by atoms with van der Waals surface area (Å²) in [7, 11) is 0. The van der Waals surface area contributed by atoms with E-state index in [2.05, 4.69) is 31.3 Å². The van der Waals surface area contributed by atoms with E-state index >= 15 is 0 Å². The van der Waals surface area contributed by atoms with E-state index in [1.165, 1.54) is 0 Å². The number of rotatable bonds is 3. The van der Waals surface area contributed by atoms with Crippen LogP contribution < -0.4 is 4.59 Å². The molecule has 0 aliphatic heterocycles. The van der Waals surface area contributed by atoms with E-state index in [0.717, 1.165) is 27.3 Å². The predicted octanol–water partition coefficient (Wildman–Crippen LogP) is 4.04. The van der Waals surface area contributed by atoms with Gasteiger partial charge >= 0.3 is 142 Å². The molecule has 0 amide bonds. The van der Waals surface area contributed by atoms with E-state index in [-0.39, 0.29) is 0 Å². The molecule has 0 spiro atoms. The van der Waals surface area contributed by atoms with E-state index < -0.39 is 0 Å². The molecule has 0 N–H and O–H groups in total. The summed E-state index contributed by atoms with van der Waals surface area (Å²) in [6, 6.07) is 17.1. The molecule has 0 aliphatic rings. The van der Waals surface area contributed by atoms with Crippen molar-refractivity contribution in [1.82, 2.24) is 9.78 Å². The SMILES string of the molecule is Cc1nn(-c2ccccc2)c([Se])c1N=Nc1ccc(Cl)cc1. The zero-order chi connectivity index (χ0) is 15.5. The van der Waals surface area contributed by atoms with Crippen LogP contribution in [-0.2, 0) is 0 Å². The number of halogens is 1. The van der Waals surface area contributed by atoms with Gasteiger partial charge < -0.3 is 0 Å². The second-order valence-electron chi connectivity index (χ2n) is 4.66. The van der Waals surface area contributed by atoms with Crippen molar-refractivity contribution in [2.75, 3.05) is 0 Å². The summed E-state index contributed by atoms with van der Waals surface area (Å²) in [4.78, 5) is 0. The molecule has 0 aliphatic carbocycles. The monoisotopic (exact) mass is 375 g/mol. The van der Waals surface area contributed by atoms with Crippen molar-refractivity contribution in [3.05, 3.63) is 65.3 Å². The average molecular weight is 375 g/mol. The van der Waals surface area contributed by atoms with Gasteiger partial charge in [0, 0.05) is 0 Å². The molecular weight excluding hydrogens is 363 g/mol. The molecule has 3 rings (SSSR count). The van der Waals surface area contributed by atoms with Gasteiger partial charge in [0.1, 0.15) is 0 Å². The molecule has 0 atom stereocenters. The molecule has 1 radical (unpaired) electrons. The van der Waals surface area contributed by atoms with Gasteiger partial charge in [0.2, 0.25) is 0 Å². The number of nitrogens with zero attached hydrogens (tertiary/aromatic N) is 4. The standard InChI is InChI=1S/C16H12ClN4Se/c1-11-15(19-18-13-9-7-12(17)8-10-13)16(22)21(20-11)14-5-3-2-4-6-14/h2-10H,1H3. The molecule has 4 nitrogen and oxygen atoms in total. The van der Waals surface area contributed by atoms with Crippen LogP contribution in [0.25, 0.3) is 5.69 Å². The van der Waals surface area contributed by atoms with Gasteiger partial charge in [-0.3, -0.25) is 0 Å². The summed E-state index contributed by atoms with van der Waals surface area (Å²) in [5.74, 6) is 0. The average Bonchev–Trinajstić information content (AvgIpc) is 2.82. The fraction of sp³-hybridized carbons (Fsp3) is 0.0625. The second kappa shape index (κ2) is 6.44. The number of benzene rings is 2. The van der Waals surface area contributed by atoms with Gasteiger partial charge in [0.15, 0.2) is 0 Å². The Kier molecular flexibility index (Phi) is 4.39. The summed E-state index contributed by atoms with van der Waals surface area (Å²) >= 11 is 8.89. The molecule has 3 aromatic rings. The third-order valence-electron chi connectivity index (χ3n) is 3.08. The third-order valence-corrected chi connectivity index (χ3v) is 4.10. The molecule has 2 aromatic carbocycles. The third kappa shape index (κ3) is 3.12. The van der Waals surface area contributed by atoms with Crippen molar-refractivity contribution < 1.29 is 0 Å². The van der Waals surface area contributed by atoms with Crippen LogP contribution >= 0.6 is 11.6 Å². The molecular formula is C16H12ClN4Se. The maximum atomic E-state index is 5.86. The van der Waals surface area contributed by atoms with Gasteiger partial charge in [-0.2, -0.15) is 0 Å². The van der Waals surface area contributed by atoms with Gasteiger partial charge in [-0.25, -0.2) is 0 Å². The molecule has 0 bridgehead atoms. The Morgan fingerprint density at radius 1 is 1.00 bits per heavy atom. The van der Waals surface area contributed by atoms with E-state index in [9.17, 15) is 0 Å². The van der Waals surface area contributed by atoms with Crippen LogP contribution in [0.1, 0.15) is 5.69 Å². The van der Waals surface area contributed by atoms with E-state index in [4.69, 9.17) is 11.6 Å². The van der Waals surface area contributed by atoms with E-state index in [1.54, 1.807) is 12.1 Å². The van der Waals surface area contributed by atoms with E-state index in [1.807, 2.05) is 54.1 Å². The Balaban J connectivity index is 1.95. The van der Waals surface area contributed by atoms with Crippen molar-refractivity contribution in [2.45, 2.75) is 6.92 Å². The fourth-order valence-electron chi connectivity index (χ4n) is 1.97. The summed E-state index contributed by atoms with van der Waals surface area (Å²) in [5.41, 5.74) is 3.28. The quantitative estimate of drug-likeness (QED) is 0.504. The summed E-state index contributed by atoms with van der Waals surface area (Å²) in [5, 5.41) is 13.8. The van der Waals surface area contributed by atoms with Crippen LogP contribution in [0.5, 0.6) is 0 Å². The van der Waals surface area contributed by atoms with Crippen LogP contribution in [0.15, 0.2) is 64.8 Å². The number of hydrogen-bond donors (Lipinski definition) is 0. The normalized spacial score (nSPS) is 11.2. The fourth-order valence-corrected chi connectivity index (χ4v) is 2.80. The van der Waals surface area contributed by atoms with Crippen molar-refractivity contribution in [1.29, 1.82) is 0 Å². The predicted molar refractivity (Wildman–Crippen MR) is 89.3 cm³/mol. The first kappa shape index (κ1) is 15.0. The van der Waals surface area contributed by atoms with Gasteiger partial charge in [-0.1, -0.05) is 0 Å². The zero-order valence-corrected chi connectivity index (χ0v) is 14.2. The Bertz CT molecular complexity index is 810. The van der Waals surface area contributed by atoms with Gasteiger partial charge in [0.25, 0.3) is 0 Å². The van der Waals surface area contributed by atoms with Crippen LogP contribution in [0, 0.1) is 6.92 Å². The van der Waals surface area contributed by atoms with Crippen LogP contribution in [0.2, 0.25) is 5.02 Å². The van der Waals surface area contributed by atoms with Crippen molar-refractivity contribution in [3.8, 4) is 5.69 Å². The summed E-state index contributed by atoms with van der Waals surface area (Å²) in [6.45, 7) is 1.91. The molecule has 22 heavy (non-hydrogen) atoms. The first-order valence-corrected chi connectivity index (χ1v) is 7.88. The van der Waals surface area contributed by atoms with Crippen molar-refractivity contribution in [3.63, 3.8) is 0 Å². The van der Waals surface area contributed by atoms with Crippen LogP contribution in [0.3, 0.4) is 0 Å². The first-order valence-electron chi connectivity index (χ1n) is 6.64. The van der Waals surface area contributed by atoms with Gasteiger partial charge in [0.05, 0.1) is 0 Å². The summed E-state index contributed by atoms with van der Waals surface area (Å²) in [6.07, 6.45) is 0. The number of aromatic nitrogens is 2. The van der Waals surface area contributed by atoms with Gasteiger partial charge in [-0.15, -0.1) is 0 Å². The second-order valence-corrected chi connectivity index (χ2v) is 5.91. The van der Waals surface area contributed by atoms with E-state index in [0.29, 0.717) is 5.02 Å². The molecule has 0 saturated heterocycles. The number of para-hydroxylation sites is 1. The Labute approximate surface area is 141 Å². The maximum absolute atomic E-state index is 5.86. The molecule has 1 heterocycles. The summed E-state index contributed by atoms with van der Waals surface area (Å²) < 4.78 is 2.66. The van der Waals surface area contributed by atoms with Crippen LogP contribution in [0.4, 0.5) is 11.4 Å². The Morgan fingerprint density at radius 2 is 1.68 bits per heavy atom. The minimum absolute atomic E-state index is 0.677. The molecule has 6 heteroatoms. The zero-order valence-electron chi connectivity index (χ0n) is 11.8. The number of azo groups is 1. The molecule has 0 unspecified atom stereocenters. The van der Waals surface area contributed by atoms with Crippen LogP contribution in [-0.4, -0.2) is 25.8 Å². The topological polar surface area (TPSA) is 42.5 Å². The number of hydrogen-bond acceptors (Lipinski definition) is 3. The molecule has 0 saturated carbocycles. The Morgan fingerprint density at radius 3 is 2.36 bits per heavy atom. The first-order chi connectivity index (χ1) is 10.6. The number of aryl methyl sites for hydroxylation is 1. The van der Waals surface area contributed by atoms with Crippen molar-refractivity contribution in [2.24, 2.45) is 10.2 Å². The molecule has 109 valence electrons.